The first-order valence-corrected chi connectivity index (χ1v) is 7.44. The summed E-state index contributed by atoms with van der Waals surface area (Å²) >= 11 is 5.96. The molecule has 0 spiro atoms. The second kappa shape index (κ2) is 4.74. The highest BCUT2D eigenvalue weighted by Crippen LogP contribution is 2.27. The summed E-state index contributed by atoms with van der Waals surface area (Å²) in [5, 5.41) is 1.49. The van der Waals surface area contributed by atoms with Crippen LogP contribution in [0.5, 0.6) is 0 Å². The second-order valence-corrected chi connectivity index (χ2v) is 5.90. The van der Waals surface area contributed by atoms with Crippen LogP contribution in [0.3, 0.4) is 0 Å². The summed E-state index contributed by atoms with van der Waals surface area (Å²) in [6.07, 6.45) is 3.36. The zero-order valence-corrected chi connectivity index (χ0v) is 12.1. The normalized spacial score (nSPS) is 13.6. The third-order valence-corrected chi connectivity index (χ3v) is 4.30. The minimum atomic E-state index is -0.0722. The highest BCUT2D eigenvalue weighted by atomic mass is 35.5. The van der Waals surface area contributed by atoms with Gasteiger partial charge in [0.05, 0.1) is 0 Å². The highest BCUT2D eigenvalue weighted by molar-refractivity contribution is 6.31. The number of halogens is 1. The van der Waals surface area contributed by atoms with Crippen LogP contribution in [-0.2, 0) is 12.8 Å². The lowest BCUT2D eigenvalue weighted by molar-refractivity contribution is 0.101. The molecule has 1 aliphatic carbocycles. The van der Waals surface area contributed by atoms with E-state index in [2.05, 4.69) is 6.07 Å². The predicted molar refractivity (Wildman–Crippen MR) is 83.1 cm³/mol. The third kappa shape index (κ3) is 2.16. The molecule has 0 aliphatic heterocycles. The molecule has 0 saturated heterocycles. The molecule has 1 aromatic heterocycles. The number of ketones is 1. The van der Waals surface area contributed by atoms with E-state index in [9.17, 15) is 4.79 Å². The standard InChI is InChI=1S/C18H13ClO2/c19-15-6-7-16-14(9-15)10-17(21-16)18(20)13-5-4-11-2-1-3-12(11)8-13/h4-10H,1-3H2. The van der Waals surface area contributed by atoms with Crippen molar-refractivity contribution in [3.8, 4) is 0 Å². The number of carbonyl (C=O) groups excluding carboxylic acids is 1. The third-order valence-electron chi connectivity index (χ3n) is 4.06. The fourth-order valence-electron chi connectivity index (χ4n) is 2.98. The predicted octanol–water partition coefficient (Wildman–Crippen LogP) is 4.81. The zero-order chi connectivity index (χ0) is 14.4. The number of rotatable bonds is 2. The van der Waals surface area contributed by atoms with Crippen molar-refractivity contribution >= 4 is 28.4 Å². The van der Waals surface area contributed by atoms with Crippen molar-refractivity contribution < 1.29 is 9.21 Å². The highest BCUT2D eigenvalue weighted by Gasteiger charge is 2.18. The zero-order valence-electron chi connectivity index (χ0n) is 11.4. The summed E-state index contributed by atoms with van der Waals surface area (Å²) in [5.41, 5.74) is 4.03. The smallest absolute Gasteiger partial charge is 0.228 e. The van der Waals surface area contributed by atoms with E-state index >= 15 is 0 Å². The van der Waals surface area contributed by atoms with Gasteiger partial charge in [0.15, 0.2) is 5.76 Å². The van der Waals surface area contributed by atoms with Crippen LogP contribution < -0.4 is 0 Å². The molecule has 1 aliphatic rings. The van der Waals surface area contributed by atoms with E-state index in [0.29, 0.717) is 21.9 Å². The van der Waals surface area contributed by atoms with Gasteiger partial charge in [0.25, 0.3) is 0 Å². The van der Waals surface area contributed by atoms with Crippen molar-refractivity contribution in [2.45, 2.75) is 19.3 Å². The van der Waals surface area contributed by atoms with Gasteiger partial charge in [0.1, 0.15) is 5.58 Å². The molecule has 2 nitrogen and oxygen atoms in total. The summed E-state index contributed by atoms with van der Waals surface area (Å²) in [5.74, 6) is 0.294. The number of hydrogen-bond donors (Lipinski definition) is 0. The van der Waals surface area contributed by atoms with Crippen molar-refractivity contribution in [1.82, 2.24) is 0 Å². The Morgan fingerprint density at radius 3 is 2.76 bits per heavy atom. The summed E-state index contributed by atoms with van der Waals surface area (Å²) in [6, 6.07) is 13.1. The van der Waals surface area contributed by atoms with E-state index in [-0.39, 0.29) is 5.78 Å². The molecular formula is C18H13ClO2. The van der Waals surface area contributed by atoms with Gasteiger partial charge >= 0.3 is 0 Å². The lowest BCUT2D eigenvalue weighted by Crippen LogP contribution is -2.00. The average molecular weight is 297 g/mol. The molecule has 21 heavy (non-hydrogen) atoms. The molecule has 4 rings (SSSR count). The van der Waals surface area contributed by atoms with Crippen LogP contribution in [0, 0.1) is 0 Å². The first kappa shape index (κ1) is 12.7. The van der Waals surface area contributed by atoms with Crippen LogP contribution in [0.2, 0.25) is 5.02 Å². The van der Waals surface area contributed by atoms with Crippen LogP contribution in [-0.4, -0.2) is 5.78 Å². The van der Waals surface area contributed by atoms with Crippen molar-refractivity contribution in [1.29, 1.82) is 0 Å². The van der Waals surface area contributed by atoms with Crippen molar-refractivity contribution in [2.24, 2.45) is 0 Å². The van der Waals surface area contributed by atoms with Crippen molar-refractivity contribution in [3.05, 3.63) is 69.9 Å². The number of furan rings is 1. The first-order valence-electron chi connectivity index (χ1n) is 7.06. The fraction of sp³-hybridized carbons (Fsp3) is 0.167. The summed E-state index contributed by atoms with van der Waals surface area (Å²) in [4.78, 5) is 12.6. The van der Waals surface area contributed by atoms with Crippen LogP contribution in [0.1, 0.15) is 33.7 Å². The number of hydrogen-bond acceptors (Lipinski definition) is 2. The number of benzene rings is 2. The SMILES string of the molecule is O=C(c1ccc2c(c1)CCC2)c1cc2cc(Cl)ccc2o1. The Hall–Kier alpha value is -2.06. The molecule has 0 fully saturated rings. The maximum absolute atomic E-state index is 12.6. The van der Waals surface area contributed by atoms with Gasteiger partial charge in [-0.3, -0.25) is 4.79 Å². The topological polar surface area (TPSA) is 30.2 Å². The van der Waals surface area contributed by atoms with Crippen molar-refractivity contribution in [3.63, 3.8) is 0 Å². The Bertz CT molecular complexity index is 861. The van der Waals surface area contributed by atoms with E-state index in [4.69, 9.17) is 16.0 Å². The maximum atomic E-state index is 12.6. The Morgan fingerprint density at radius 2 is 1.86 bits per heavy atom. The van der Waals surface area contributed by atoms with Gasteiger partial charge in [-0.2, -0.15) is 0 Å². The van der Waals surface area contributed by atoms with Gasteiger partial charge < -0.3 is 4.42 Å². The summed E-state index contributed by atoms with van der Waals surface area (Å²) in [7, 11) is 0. The van der Waals surface area contributed by atoms with Crippen LogP contribution in [0.15, 0.2) is 46.9 Å². The van der Waals surface area contributed by atoms with Crippen LogP contribution in [0.25, 0.3) is 11.0 Å². The minimum Gasteiger partial charge on any atom is -0.453 e. The van der Waals surface area contributed by atoms with Gasteiger partial charge in [-0.1, -0.05) is 23.7 Å². The van der Waals surface area contributed by atoms with Gasteiger partial charge in [0.2, 0.25) is 5.78 Å². The van der Waals surface area contributed by atoms with Gasteiger partial charge in [-0.25, -0.2) is 0 Å². The lowest BCUT2D eigenvalue weighted by Gasteiger charge is -2.02. The van der Waals surface area contributed by atoms with E-state index in [1.807, 2.05) is 12.1 Å². The fourth-order valence-corrected chi connectivity index (χ4v) is 3.16. The molecule has 3 heteroatoms. The monoisotopic (exact) mass is 296 g/mol. The second-order valence-electron chi connectivity index (χ2n) is 5.46. The molecule has 2 aromatic carbocycles. The molecule has 0 saturated carbocycles. The van der Waals surface area contributed by atoms with E-state index in [0.717, 1.165) is 18.2 Å². The Balaban J connectivity index is 1.75. The lowest BCUT2D eigenvalue weighted by atomic mass is 10.0. The molecule has 0 atom stereocenters. The molecule has 3 aromatic rings. The van der Waals surface area contributed by atoms with Crippen molar-refractivity contribution in [2.75, 3.05) is 0 Å². The number of fused-ring (bicyclic) bond motifs is 2. The number of aryl methyl sites for hydroxylation is 2. The van der Waals surface area contributed by atoms with Gasteiger partial charge in [-0.05, 0) is 60.7 Å². The molecule has 0 amide bonds. The van der Waals surface area contributed by atoms with Crippen LogP contribution in [0.4, 0.5) is 0 Å². The van der Waals surface area contributed by atoms with E-state index in [1.165, 1.54) is 17.5 Å². The molecule has 0 bridgehead atoms. The Morgan fingerprint density at radius 1 is 1.00 bits per heavy atom. The van der Waals surface area contributed by atoms with E-state index in [1.54, 1.807) is 24.3 Å². The molecule has 0 radical (unpaired) electrons. The first-order chi connectivity index (χ1) is 10.2. The Kier molecular flexibility index (Phi) is 2.86. The van der Waals surface area contributed by atoms with Gasteiger partial charge in [-0.15, -0.1) is 0 Å². The quantitative estimate of drug-likeness (QED) is 0.636. The molecule has 1 heterocycles. The number of carbonyl (C=O) groups is 1. The van der Waals surface area contributed by atoms with E-state index < -0.39 is 0 Å². The molecular weight excluding hydrogens is 284 g/mol. The maximum Gasteiger partial charge on any atom is 0.228 e. The summed E-state index contributed by atoms with van der Waals surface area (Å²) in [6.45, 7) is 0. The van der Waals surface area contributed by atoms with Gasteiger partial charge in [0, 0.05) is 16.0 Å². The molecule has 0 unspecified atom stereocenters. The Labute approximate surface area is 127 Å². The largest absolute Gasteiger partial charge is 0.453 e. The molecule has 0 N–H and O–H groups in total. The average Bonchev–Trinajstić information content (AvgIpc) is 3.11. The minimum absolute atomic E-state index is 0.0722. The molecule has 104 valence electrons. The summed E-state index contributed by atoms with van der Waals surface area (Å²) < 4.78 is 5.65. The van der Waals surface area contributed by atoms with Crippen LogP contribution >= 0.6 is 11.6 Å².